The lowest BCUT2D eigenvalue weighted by Crippen LogP contribution is -2.50. The summed E-state index contributed by atoms with van der Waals surface area (Å²) in [5.74, 6) is 1.89. The molecule has 3 aliphatic rings. The van der Waals surface area contributed by atoms with Gasteiger partial charge in [-0.1, -0.05) is 6.07 Å². The van der Waals surface area contributed by atoms with Gasteiger partial charge in [0.15, 0.2) is 17.2 Å². The van der Waals surface area contributed by atoms with Crippen LogP contribution in [0, 0.1) is 0 Å². The molecule has 2 amide bonds. The molecule has 11 heteroatoms. The van der Waals surface area contributed by atoms with E-state index in [0.29, 0.717) is 50.9 Å². The lowest BCUT2D eigenvalue weighted by Gasteiger charge is -2.33. The molecular formula is C25H33N5O6. The Morgan fingerprint density at radius 3 is 2.50 bits per heavy atom. The average molecular weight is 500 g/mol. The molecule has 1 aromatic heterocycles. The number of morpholine rings is 1. The number of rotatable bonds is 8. The van der Waals surface area contributed by atoms with Crippen LogP contribution in [-0.4, -0.2) is 109 Å². The Labute approximate surface area is 210 Å². The maximum absolute atomic E-state index is 12.9. The minimum atomic E-state index is -0.163. The number of hydrogen-bond acceptors (Lipinski definition) is 9. The van der Waals surface area contributed by atoms with Crippen LogP contribution < -0.4 is 9.47 Å². The van der Waals surface area contributed by atoms with Gasteiger partial charge in [-0.3, -0.25) is 19.4 Å². The standard InChI is InChI=1S/C25H33N5O6/c1-19(31)29-6-8-30(9-7-29)25(32)21-17-34-24(26-21)16-28(5-4-27-10-12-33-13-11-27)15-20-2-3-22-23(14-20)36-18-35-22/h2-3,14,17H,4-13,15-16,18H2,1H3. The molecule has 3 aliphatic heterocycles. The van der Waals surface area contributed by atoms with E-state index in [1.54, 1.807) is 16.7 Å². The summed E-state index contributed by atoms with van der Waals surface area (Å²) in [6.45, 7) is 10.1. The van der Waals surface area contributed by atoms with Gasteiger partial charge in [0.05, 0.1) is 19.8 Å². The number of fused-ring (bicyclic) bond motifs is 1. The summed E-state index contributed by atoms with van der Waals surface area (Å²) in [7, 11) is 0. The maximum atomic E-state index is 12.9. The number of hydrogen-bond donors (Lipinski definition) is 0. The number of amides is 2. The zero-order valence-corrected chi connectivity index (χ0v) is 20.7. The molecule has 0 bridgehead atoms. The first-order valence-electron chi connectivity index (χ1n) is 12.5. The molecule has 2 saturated heterocycles. The van der Waals surface area contributed by atoms with E-state index >= 15 is 0 Å². The Hall–Kier alpha value is -3.15. The van der Waals surface area contributed by atoms with Crippen molar-refractivity contribution >= 4 is 11.8 Å². The molecule has 0 unspecified atom stereocenters. The molecule has 0 N–H and O–H groups in total. The number of carbonyl (C=O) groups is 2. The van der Waals surface area contributed by atoms with Crippen molar-refractivity contribution in [2.75, 3.05) is 72.4 Å². The second kappa shape index (κ2) is 11.3. The zero-order chi connectivity index (χ0) is 24.9. The first-order valence-corrected chi connectivity index (χ1v) is 12.5. The van der Waals surface area contributed by atoms with Crippen LogP contribution in [0.4, 0.5) is 0 Å². The van der Waals surface area contributed by atoms with Crippen molar-refractivity contribution in [1.29, 1.82) is 0 Å². The molecular weight excluding hydrogens is 466 g/mol. The van der Waals surface area contributed by atoms with E-state index in [-0.39, 0.29) is 18.6 Å². The fourth-order valence-corrected chi connectivity index (χ4v) is 4.68. The average Bonchev–Trinajstić information content (AvgIpc) is 3.57. The van der Waals surface area contributed by atoms with E-state index in [0.717, 1.165) is 56.5 Å². The SMILES string of the molecule is CC(=O)N1CCN(C(=O)c2coc(CN(CCN3CCOCC3)Cc3ccc4c(c3)OCO4)n2)CC1. The summed E-state index contributed by atoms with van der Waals surface area (Å²) >= 11 is 0. The highest BCUT2D eigenvalue weighted by atomic mass is 16.7. The summed E-state index contributed by atoms with van der Waals surface area (Å²) < 4.78 is 22.2. The largest absolute Gasteiger partial charge is 0.454 e. The second-order valence-electron chi connectivity index (χ2n) is 9.28. The van der Waals surface area contributed by atoms with Crippen molar-refractivity contribution in [2.24, 2.45) is 0 Å². The van der Waals surface area contributed by atoms with E-state index < -0.39 is 0 Å². The highest BCUT2D eigenvalue weighted by Crippen LogP contribution is 2.33. The van der Waals surface area contributed by atoms with E-state index in [1.165, 1.54) is 6.26 Å². The molecule has 0 aliphatic carbocycles. The molecule has 194 valence electrons. The van der Waals surface area contributed by atoms with E-state index in [2.05, 4.69) is 14.8 Å². The first-order chi connectivity index (χ1) is 17.5. The van der Waals surface area contributed by atoms with Gasteiger partial charge in [-0.25, -0.2) is 4.98 Å². The van der Waals surface area contributed by atoms with Crippen LogP contribution in [0.25, 0.3) is 0 Å². The molecule has 36 heavy (non-hydrogen) atoms. The summed E-state index contributed by atoms with van der Waals surface area (Å²) in [6.07, 6.45) is 1.44. The zero-order valence-electron chi connectivity index (χ0n) is 20.7. The van der Waals surface area contributed by atoms with Crippen molar-refractivity contribution in [2.45, 2.75) is 20.0 Å². The second-order valence-corrected chi connectivity index (χ2v) is 9.28. The first kappa shape index (κ1) is 24.5. The molecule has 5 rings (SSSR count). The summed E-state index contributed by atoms with van der Waals surface area (Å²) in [4.78, 5) is 37.2. The molecule has 4 heterocycles. The van der Waals surface area contributed by atoms with Gasteiger partial charge in [0.1, 0.15) is 6.26 Å². The lowest BCUT2D eigenvalue weighted by molar-refractivity contribution is -0.130. The highest BCUT2D eigenvalue weighted by molar-refractivity contribution is 5.92. The van der Waals surface area contributed by atoms with Crippen molar-refractivity contribution < 1.29 is 28.2 Å². The third-order valence-electron chi connectivity index (χ3n) is 6.82. The minimum absolute atomic E-state index is 0.0328. The Morgan fingerprint density at radius 2 is 1.72 bits per heavy atom. The topological polar surface area (TPSA) is 101 Å². The number of aromatic nitrogens is 1. The van der Waals surface area contributed by atoms with Gasteiger partial charge in [-0.05, 0) is 17.7 Å². The normalized spacial score (nSPS) is 18.2. The summed E-state index contributed by atoms with van der Waals surface area (Å²) in [5, 5.41) is 0. The minimum Gasteiger partial charge on any atom is -0.454 e. The quantitative estimate of drug-likeness (QED) is 0.527. The van der Waals surface area contributed by atoms with Gasteiger partial charge in [0.25, 0.3) is 5.91 Å². The maximum Gasteiger partial charge on any atom is 0.275 e. The molecule has 2 fully saturated rings. The van der Waals surface area contributed by atoms with E-state index in [9.17, 15) is 9.59 Å². The molecule has 11 nitrogen and oxygen atoms in total. The smallest absolute Gasteiger partial charge is 0.275 e. The van der Waals surface area contributed by atoms with Crippen molar-refractivity contribution in [3.63, 3.8) is 0 Å². The molecule has 2 aromatic rings. The van der Waals surface area contributed by atoms with Gasteiger partial charge in [0.2, 0.25) is 18.6 Å². The van der Waals surface area contributed by atoms with Gasteiger partial charge in [-0.2, -0.15) is 0 Å². The Kier molecular flexibility index (Phi) is 7.69. The number of oxazole rings is 1. The molecule has 0 spiro atoms. The van der Waals surface area contributed by atoms with E-state index in [4.69, 9.17) is 18.6 Å². The third-order valence-corrected chi connectivity index (χ3v) is 6.82. The van der Waals surface area contributed by atoms with Crippen molar-refractivity contribution in [3.8, 4) is 11.5 Å². The van der Waals surface area contributed by atoms with Crippen LogP contribution in [0.3, 0.4) is 0 Å². The predicted molar refractivity (Wildman–Crippen MR) is 129 cm³/mol. The number of carbonyl (C=O) groups excluding carboxylic acids is 2. The van der Waals surface area contributed by atoms with Crippen molar-refractivity contribution in [1.82, 2.24) is 24.6 Å². The fraction of sp³-hybridized carbons (Fsp3) is 0.560. The van der Waals surface area contributed by atoms with Crippen LogP contribution in [0.5, 0.6) is 11.5 Å². The monoisotopic (exact) mass is 499 g/mol. The van der Waals surface area contributed by atoms with Crippen molar-refractivity contribution in [3.05, 3.63) is 41.6 Å². The van der Waals surface area contributed by atoms with Crippen LogP contribution >= 0.6 is 0 Å². The number of benzene rings is 1. The summed E-state index contributed by atoms with van der Waals surface area (Å²) in [5.41, 5.74) is 1.41. The summed E-state index contributed by atoms with van der Waals surface area (Å²) in [6, 6.07) is 5.99. The Bertz CT molecular complexity index is 1060. The predicted octanol–water partition coefficient (Wildman–Crippen LogP) is 1.04. The Morgan fingerprint density at radius 1 is 0.972 bits per heavy atom. The van der Waals surface area contributed by atoms with Gasteiger partial charge in [-0.15, -0.1) is 0 Å². The van der Waals surface area contributed by atoms with Crippen LogP contribution in [-0.2, 0) is 22.6 Å². The molecule has 0 saturated carbocycles. The molecule has 0 radical (unpaired) electrons. The number of ether oxygens (including phenoxy) is 3. The van der Waals surface area contributed by atoms with Gasteiger partial charge in [0, 0.05) is 65.8 Å². The van der Waals surface area contributed by atoms with Crippen LogP contribution in [0.1, 0.15) is 28.9 Å². The van der Waals surface area contributed by atoms with Gasteiger partial charge < -0.3 is 28.4 Å². The van der Waals surface area contributed by atoms with E-state index in [1.807, 2.05) is 18.2 Å². The van der Waals surface area contributed by atoms with Crippen LogP contribution in [0.2, 0.25) is 0 Å². The Balaban J connectivity index is 1.23. The lowest BCUT2D eigenvalue weighted by atomic mass is 10.2. The highest BCUT2D eigenvalue weighted by Gasteiger charge is 2.26. The number of nitrogens with zero attached hydrogens (tertiary/aromatic N) is 5. The molecule has 1 aromatic carbocycles. The number of piperazine rings is 1. The van der Waals surface area contributed by atoms with Gasteiger partial charge >= 0.3 is 0 Å². The third kappa shape index (κ3) is 5.97. The van der Waals surface area contributed by atoms with Crippen LogP contribution in [0.15, 0.2) is 28.9 Å². The molecule has 0 atom stereocenters. The fourth-order valence-electron chi connectivity index (χ4n) is 4.68.